The molecular weight excluding hydrogens is 256 g/mol. The van der Waals surface area contributed by atoms with Crippen LogP contribution in [0.3, 0.4) is 0 Å². The second-order valence-corrected chi connectivity index (χ2v) is 3.86. The molecule has 0 aliphatic carbocycles. The largest absolute Gasteiger partial charge is 0.437 e. The molecule has 0 bridgehead atoms. The molecule has 0 aliphatic heterocycles. The maximum atomic E-state index is 5.52. The zero-order chi connectivity index (χ0) is 10.7. The molecule has 0 amide bonds. The summed E-state index contributed by atoms with van der Waals surface area (Å²) >= 11 is 3.38. The Balaban J connectivity index is 2.22. The maximum Gasteiger partial charge on any atom is 0.219 e. The Morgan fingerprint density at radius 3 is 2.80 bits per heavy atom. The number of aromatic nitrogens is 2. The van der Waals surface area contributed by atoms with E-state index in [1.807, 2.05) is 31.2 Å². The van der Waals surface area contributed by atoms with Gasteiger partial charge in [0.25, 0.3) is 0 Å². The third-order valence-electron chi connectivity index (χ3n) is 1.85. The van der Waals surface area contributed by atoms with Crippen LogP contribution in [0.5, 0.6) is 11.6 Å². The molecule has 15 heavy (non-hydrogen) atoms. The normalized spacial score (nSPS) is 10.0. The third kappa shape index (κ3) is 2.53. The minimum absolute atomic E-state index is 0.573. The van der Waals surface area contributed by atoms with Gasteiger partial charge in [-0.1, -0.05) is 0 Å². The smallest absolute Gasteiger partial charge is 0.219 e. The minimum atomic E-state index is 0.573. The topological polar surface area (TPSA) is 35.0 Å². The van der Waals surface area contributed by atoms with E-state index in [4.69, 9.17) is 4.74 Å². The van der Waals surface area contributed by atoms with Crippen LogP contribution in [-0.2, 0) is 0 Å². The van der Waals surface area contributed by atoms with Crippen LogP contribution >= 0.6 is 15.9 Å². The highest BCUT2D eigenvalue weighted by atomic mass is 79.9. The first-order valence-corrected chi connectivity index (χ1v) is 5.26. The molecule has 0 unspecified atom stereocenters. The molecule has 2 heterocycles. The van der Waals surface area contributed by atoms with Crippen molar-refractivity contribution in [1.82, 2.24) is 9.97 Å². The highest BCUT2D eigenvalue weighted by Crippen LogP contribution is 2.21. The lowest BCUT2D eigenvalue weighted by molar-refractivity contribution is 0.459. The molecule has 0 saturated heterocycles. The first kappa shape index (κ1) is 10.1. The average molecular weight is 265 g/mol. The van der Waals surface area contributed by atoms with E-state index in [0.717, 1.165) is 10.2 Å². The maximum absolute atomic E-state index is 5.52. The Kier molecular flexibility index (Phi) is 2.97. The van der Waals surface area contributed by atoms with Crippen molar-refractivity contribution in [1.29, 1.82) is 0 Å². The van der Waals surface area contributed by atoms with Crippen LogP contribution in [-0.4, -0.2) is 9.97 Å². The van der Waals surface area contributed by atoms with Crippen LogP contribution < -0.4 is 4.74 Å². The predicted octanol–water partition coefficient (Wildman–Crippen LogP) is 3.34. The summed E-state index contributed by atoms with van der Waals surface area (Å²) in [5.74, 6) is 1.26. The van der Waals surface area contributed by atoms with E-state index in [1.54, 1.807) is 12.4 Å². The summed E-state index contributed by atoms with van der Waals surface area (Å²) in [4.78, 5) is 8.23. The average Bonchev–Trinajstić information content (AvgIpc) is 2.25. The van der Waals surface area contributed by atoms with Crippen LogP contribution in [0.15, 0.2) is 41.1 Å². The van der Waals surface area contributed by atoms with Gasteiger partial charge in [-0.25, -0.2) is 4.98 Å². The van der Waals surface area contributed by atoms with Gasteiger partial charge in [-0.3, -0.25) is 4.98 Å². The zero-order valence-corrected chi connectivity index (χ0v) is 9.73. The first-order chi connectivity index (χ1) is 7.25. The van der Waals surface area contributed by atoms with E-state index in [9.17, 15) is 0 Å². The predicted molar refractivity (Wildman–Crippen MR) is 61.0 cm³/mol. The fourth-order valence-corrected chi connectivity index (χ4v) is 1.33. The zero-order valence-electron chi connectivity index (χ0n) is 8.14. The number of pyridine rings is 2. The number of halogens is 1. The SMILES string of the molecule is Cc1nc(Oc2cccnc2)ccc1Br. The summed E-state index contributed by atoms with van der Waals surface area (Å²) in [6.45, 7) is 1.92. The Bertz CT molecular complexity index is 459. The quantitative estimate of drug-likeness (QED) is 0.835. The molecule has 0 aromatic carbocycles. The first-order valence-electron chi connectivity index (χ1n) is 4.47. The summed E-state index contributed by atoms with van der Waals surface area (Å²) in [7, 11) is 0. The molecule has 2 aromatic heterocycles. The van der Waals surface area contributed by atoms with E-state index in [2.05, 4.69) is 25.9 Å². The van der Waals surface area contributed by atoms with Crippen molar-refractivity contribution in [2.45, 2.75) is 6.92 Å². The summed E-state index contributed by atoms with van der Waals surface area (Å²) in [5.41, 5.74) is 0.899. The van der Waals surface area contributed by atoms with E-state index < -0.39 is 0 Å². The molecule has 3 nitrogen and oxygen atoms in total. The molecule has 0 N–H and O–H groups in total. The number of hydrogen-bond donors (Lipinski definition) is 0. The molecule has 2 rings (SSSR count). The number of rotatable bonds is 2. The second kappa shape index (κ2) is 4.40. The van der Waals surface area contributed by atoms with E-state index >= 15 is 0 Å². The van der Waals surface area contributed by atoms with Gasteiger partial charge >= 0.3 is 0 Å². The standard InChI is InChI=1S/C11H9BrN2O/c1-8-10(12)4-5-11(14-8)15-9-3-2-6-13-7-9/h2-7H,1H3. The van der Waals surface area contributed by atoms with Crippen molar-refractivity contribution in [3.05, 3.63) is 46.8 Å². The van der Waals surface area contributed by atoms with Crippen molar-refractivity contribution >= 4 is 15.9 Å². The second-order valence-electron chi connectivity index (χ2n) is 3.01. The minimum Gasteiger partial charge on any atom is -0.437 e. The van der Waals surface area contributed by atoms with Gasteiger partial charge in [-0.15, -0.1) is 0 Å². The van der Waals surface area contributed by atoms with Crippen molar-refractivity contribution < 1.29 is 4.74 Å². The lowest BCUT2D eigenvalue weighted by atomic mass is 10.4. The Hall–Kier alpha value is -1.42. The fraction of sp³-hybridized carbons (Fsp3) is 0.0909. The van der Waals surface area contributed by atoms with Crippen LogP contribution in [0.1, 0.15) is 5.69 Å². The molecule has 0 spiro atoms. The number of aryl methyl sites for hydroxylation is 1. The molecule has 76 valence electrons. The van der Waals surface area contributed by atoms with Gasteiger partial charge in [0.1, 0.15) is 5.75 Å². The van der Waals surface area contributed by atoms with Gasteiger partial charge < -0.3 is 4.74 Å². The number of hydrogen-bond acceptors (Lipinski definition) is 3. The van der Waals surface area contributed by atoms with E-state index in [1.165, 1.54) is 0 Å². The highest BCUT2D eigenvalue weighted by molar-refractivity contribution is 9.10. The van der Waals surface area contributed by atoms with Gasteiger partial charge in [0, 0.05) is 16.7 Å². The summed E-state index contributed by atoms with van der Waals surface area (Å²) in [5, 5.41) is 0. The highest BCUT2D eigenvalue weighted by Gasteiger charge is 2.01. The molecule has 0 saturated carbocycles. The van der Waals surface area contributed by atoms with Gasteiger partial charge in [0.15, 0.2) is 0 Å². The van der Waals surface area contributed by atoms with Gasteiger partial charge in [0.2, 0.25) is 5.88 Å². The van der Waals surface area contributed by atoms with Crippen molar-refractivity contribution in [2.24, 2.45) is 0 Å². The molecule has 0 radical (unpaired) electrons. The Morgan fingerprint density at radius 1 is 1.27 bits per heavy atom. The van der Waals surface area contributed by atoms with Crippen molar-refractivity contribution in [2.75, 3.05) is 0 Å². The third-order valence-corrected chi connectivity index (χ3v) is 2.69. The van der Waals surface area contributed by atoms with E-state index in [0.29, 0.717) is 11.6 Å². The lowest BCUT2D eigenvalue weighted by Gasteiger charge is -2.05. The summed E-state index contributed by atoms with van der Waals surface area (Å²) in [6, 6.07) is 7.38. The molecule has 2 aromatic rings. The summed E-state index contributed by atoms with van der Waals surface area (Å²) in [6.07, 6.45) is 3.35. The van der Waals surface area contributed by atoms with Crippen LogP contribution in [0.4, 0.5) is 0 Å². The van der Waals surface area contributed by atoms with Crippen LogP contribution in [0.2, 0.25) is 0 Å². The van der Waals surface area contributed by atoms with Crippen molar-refractivity contribution in [3.63, 3.8) is 0 Å². The van der Waals surface area contributed by atoms with Gasteiger partial charge in [0.05, 0.1) is 11.9 Å². The molecule has 0 aliphatic rings. The molecule has 0 atom stereocenters. The number of nitrogens with zero attached hydrogens (tertiary/aromatic N) is 2. The fourth-order valence-electron chi connectivity index (χ4n) is 1.11. The molecule has 0 fully saturated rings. The lowest BCUT2D eigenvalue weighted by Crippen LogP contribution is -1.90. The molecule has 4 heteroatoms. The van der Waals surface area contributed by atoms with Gasteiger partial charge in [-0.05, 0) is 41.1 Å². The monoisotopic (exact) mass is 264 g/mol. The Morgan fingerprint density at radius 2 is 2.13 bits per heavy atom. The van der Waals surface area contributed by atoms with E-state index in [-0.39, 0.29) is 0 Å². The summed E-state index contributed by atoms with van der Waals surface area (Å²) < 4.78 is 6.49. The van der Waals surface area contributed by atoms with Crippen LogP contribution in [0.25, 0.3) is 0 Å². The van der Waals surface area contributed by atoms with Gasteiger partial charge in [-0.2, -0.15) is 0 Å². The van der Waals surface area contributed by atoms with Crippen molar-refractivity contribution in [3.8, 4) is 11.6 Å². The van der Waals surface area contributed by atoms with Crippen LogP contribution in [0, 0.1) is 6.92 Å². The number of ether oxygens (including phenoxy) is 1. The molecular formula is C11H9BrN2O. The Labute approximate surface area is 96.3 Å².